The number of aryl methyl sites for hydroxylation is 1. The summed E-state index contributed by atoms with van der Waals surface area (Å²) in [6, 6.07) is 18.6. The fourth-order valence-corrected chi connectivity index (χ4v) is 3.63. The summed E-state index contributed by atoms with van der Waals surface area (Å²) < 4.78 is 16.0. The van der Waals surface area contributed by atoms with Gasteiger partial charge >= 0.3 is 0 Å². The topological polar surface area (TPSA) is 48.0 Å². The summed E-state index contributed by atoms with van der Waals surface area (Å²) >= 11 is 0. The van der Waals surface area contributed by atoms with Crippen molar-refractivity contribution < 1.29 is 9.18 Å². The Morgan fingerprint density at radius 2 is 1.77 bits per heavy atom. The first-order valence-corrected chi connectivity index (χ1v) is 8.66. The van der Waals surface area contributed by atoms with E-state index in [1.165, 1.54) is 17.7 Å². The zero-order chi connectivity index (χ0) is 18.3. The van der Waals surface area contributed by atoms with Crippen LogP contribution in [0.3, 0.4) is 0 Å². The molecule has 0 aliphatic rings. The largest absolute Gasteiger partial charge is 0.366 e. The summed E-state index contributed by atoms with van der Waals surface area (Å²) in [5, 5.41) is 1.42. The number of carbonyl (C=O) groups excluding carboxylic acids is 1. The van der Waals surface area contributed by atoms with Crippen LogP contribution in [0.4, 0.5) is 4.39 Å². The molecular weight excluding hydrogens is 327 g/mol. The van der Waals surface area contributed by atoms with Crippen LogP contribution < -0.4 is 5.73 Å². The fourth-order valence-electron chi connectivity index (χ4n) is 3.63. The molecule has 3 nitrogen and oxygen atoms in total. The second kappa shape index (κ2) is 6.30. The molecule has 3 aromatic carbocycles. The van der Waals surface area contributed by atoms with Crippen molar-refractivity contribution in [3.8, 4) is 0 Å². The van der Waals surface area contributed by atoms with E-state index in [4.69, 9.17) is 5.73 Å². The molecule has 0 saturated carbocycles. The van der Waals surface area contributed by atoms with Gasteiger partial charge in [0.25, 0.3) is 0 Å². The molecule has 4 rings (SSSR count). The Kier molecular flexibility index (Phi) is 3.96. The van der Waals surface area contributed by atoms with E-state index in [9.17, 15) is 9.18 Å². The van der Waals surface area contributed by atoms with Gasteiger partial charge in [-0.2, -0.15) is 0 Å². The molecule has 0 saturated heterocycles. The number of benzene rings is 3. The van der Waals surface area contributed by atoms with Crippen LogP contribution in [0.1, 0.15) is 28.4 Å². The second-order valence-electron chi connectivity index (χ2n) is 6.49. The smallest absolute Gasteiger partial charge is 0.249 e. The molecule has 1 aromatic heterocycles. The maximum absolute atomic E-state index is 13.9. The Hall–Kier alpha value is -3.14. The second-order valence-corrected chi connectivity index (χ2v) is 6.49. The van der Waals surface area contributed by atoms with Crippen LogP contribution in [-0.4, -0.2) is 10.5 Å². The minimum Gasteiger partial charge on any atom is -0.366 e. The average Bonchev–Trinajstić information content (AvgIpc) is 2.95. The molecule has 0 unspecified atom stereocenters. The molecule has 0 aliphatic carbocycles. The lowest BCUT2D eigenvalue weighted by Gasteiger charge is -2.09. The highest BCUT2D eigenvalue weighted by atomic mass is 19.1. The Bertz CT molecular complexity index is 1140. The minimum atomic E-state index is -0.508. The summed E-state index contributed by atoms with van der Waals surface area (Å²) in [7, 11) is 0. The van der Waals surface area contributed by atoms with Crippen LogP contribution >= 0.6 is 0 Å². The molecule has 2 N–H and O–H groups in total. The van der Waals surface area contributed by atoms with E-state index in [1.54, 1.807) is 12.1 Å². The lowest BCUT2D eigenvalue weighted by Crippen LogP contribution is -2.11. The molecule has 0 aliphatic heterocycles. The first kappa shape index (κ1) is 16.3. The van der Waals surface area contributed by atoms with Crippen LogP contribution in [0, 0.1) is 5.82 Å². The summed E-state index contributed by atoms with van der Waals surface area (Å²) in [6.07, 6.45) is 0.970. The highest BCUT2D eigenvalue weighted by Gasteiger charge is 2.17. The van der Waals surface area contributed by atoms with E-state index in [2.05, 4.69) is 35.8 Å². The number of rotatable bonds is 4. The Labute approximate surface area is 150 Å². The Morgan fingerprint density at radius 1 is 1.00 bits per heavy atom. The van der Waals surface area contributed by atoms with Gasteiger partial charge in [-0.05, 0) is 47.9 Å². The maximum Gasteiger partial charge on any atom is 0.249 e. The number of amides is 1. The molecule has 0 bridgehead atoms. The molecule has 1 heterocycles. The number of nitrogens with two attached hydrogens (primary N) is 1. The normalized spacial score (nSPS) is 11.3. The zero-order valence-corrected chi connectivity index (χ0v) is 14.5. The van der Waals surface area contributed by atoms with E-state index in [1.807, 2.05) is 12.1 Å². The zero-order valence-electron chi connectivity index (χ0n) is 14.5. The molecule has 0 spiro atoms. The number of fused-ring (bicyclic) bond motifs is 3. The van der Waals surface area contributed by atoms with Crippen molar-refractivity contribution in [2.75, 3.05) is 0 Å². The van der Waals surface area contributed by atoms with Gasteiger partial charge in [-0.1, -0.05) is 37.3 Å². The minimum absolute atomic E-state index is 0.330. The number of nitrogens with zero attached hydrogens (tertiary/aromatic N) is 1. The van der Waals surface area contributed by atoms with Crippen molar-refractivity contribution in [1.29, 1.82) is 0 Å². The summed E-state index contributed by atoms with van der Waals surface area (Å²) in [5.41, 5.74) is 10.2. The van der Waals surface area contributed by atoms with Crippen molar-refractivity contribution in [3.05, 3.63) is 83.2 Å². The van der Waals surface area contributed by atoms with Crippen molar-refractivity contribution in [2.24, 2.45) is 5.73 Å². The van der Waals surface area contributed by atoms with E-state index in [0.29, 0.717) is 22.9 Å². The number of halogens is 1. The van der Waals surface area contributed by atoms with Gasteiger partial charge in [-0.15, -0.1) is 0 Å². The third kappa shape index (κ3) is 2.64. The molecule has 0 fully saturated rings. The summed E-state index contributed by atoms with van der Waals surface area (Å²) in [4.78, 5) is 11.9. The number of aromatic nitrogens is 1. The van der Waals surface area contributed by atoms with Gasteiger partial charge in [0.05, 0.1) is 5.52 Å². The van der Waals surface area contributed by atoms with Crippen molar-refractivity contribution >= 4 is 27.7 Å². The summed E-state index contributed by atoms with van der Waals surface area (Å²) in [5.74, 6) is -0.837. The molecule has 0 atom stereocenters. The number of primary amides is 1. The Balaban J connectivity index is 2.01. The van der Waals surface area contributed by atoms with Crippen LogP contribution in [0.25, 0.3) is 21.8 Å². The van der Waals surface area contributed by atoms with Gasteiger partial charge < -0.3 is 10.3 Å². The average molecular weight is 346 g/mol. The number of hydrogen-bond donors (Lipinski definition) is 1. The van der Waals surface area contributed by atoms with Crippen molar-refractivity contribution in [3.63, 3.8) is 0 Å². The molecule has 1 amide bonds. The highest BCUT2D eigenvalue weighted by molar-refractivity contribution is 6.17. The Morgan fingerprint density at radius 3 is 2.54 bits per heavy atom. The van der Waals surface area contributed by atoms with Gasteiger partial charge in [0.2, 0.25) is 5.91 Å². The third-order valence-corrected chi connectivity index (χ3v) is 4.86. The standard InChI is InChI=1S/C22H19FN2O/c1-2-14-5-3-6-15(11-14)13-25-19-10-9-16(23)12-18(19)21-17(22(24)26)7-4-8-20(21)25/h3-12H,2,13H2,1H3,(H2,24,26). The monoisotopic (exact) mass is 346 g/mol. The SMILES string of the molecule is CCc1cccc(Cn2c3ccc(F)cc3c3c(C(N)=O)cccc32)c1. The van der Waals surface area contributed by atoms with Gasteiger partial charge in [0.15, 0.2) is 0 Å². The van der Waals surface area contributed by atoms with Gasteiger partial charge in [0, 0.05) is 28.4 Å². The van der Waals surface area contributed by atoms with Gasteiger partial charge in [-0.3, -0.25) is 4.79 Å². The van der Waals surface area contributed by atoms with Gasteiger partial charge in [0.1, 0.15) is 5.82 Å². The molecular formula is C22H19FN2O. The van der Waals surface area contributed by atoms with Crippen molar-refractivity contribution in [2.45, 2.75) is 19.9 Å². The van der Waals surface area contributed by atoms with E-state index < -0.39 is 5.91 Å². The first-order valence-electron chi connectivity index (χ1n) is 8.66. The number of hydrogen-bond acceptors (Lipinski definition) is 1. The van der Waals surface area contributed by atoms with E-state index >= 15 is 0 Å². The molecule has 0 radical (unpaired) electrons. The summed E-state index contributed by atoms with van der Waals surface area (Å²) in [6.45, 7) is 2.77. The first-order chi connectivity index (χ1) is 12.6. The molecule has 130 valence electrons. The van der Waals surface area contributed by atoms with Gasteiger partial charge in [-0.25, -0.2) is 4.39 Å². The molecule has 4 aromatic rings. The quantitative estimate of drug-likeness (QED) is 0.575. The molecule has 4 heteroatoms. The predicted octanol–water partition coefficient (Wildman–Crippen LogP) is 4.64. The number of carbonyl (C=O) groups is 1. The lowest BCUT2D eigenvalue weighted by atomic mass is 10.1. The van der Waals surface area contributed by atoms with E-state index in [0.717, 1.165) is 23.0 Å². The van der Waals surface area contributed by atoms with Crippen LogP contribution in [0.5, 0.6) is 0 Å². The maximum atomic E-state index is 13.9. The van der Waals surface area contributed by atoms with Crippen LogP contribution in [0.15, 0.2) is 60.7 Å². The van der Waals surface area contributed by atoms with Crippen molar-refractivity contribution in [1.82, 2.24) is 4.57 Å². The van der Waals surface area contributed by atoms with Crippen LogP contribution in [0.2, 0.25) is 0 Å². The molecule has 26 heavy (non-hydrogen) atoms. The van der Waals surface area contributed by atoms with Crippen LogP contribution in [-0.2, 0) is 13.0 Å². The fraction of sp³-hybridized carbons (Fsp3) is 0.136. The highest BCUT2D eigenvalue weighted by Crippen LogP contribution is 2.32. The third-order valence-electron chi connectivity index (χ3n) is 4.86. The lowest BCUT2D eigenvalue weighted by molar-refractivity contribution is 0.100. The van der Waals surface area contributed by atoms with E-state index in [-0.39, 0.29) is 5.82 Å². The predicted molar refractivity (Wildman–Crippen MR) is 103 cm³/mol.